The number of halogens is 2. The SMILES string of the molecule is CCCOCCC(=O)N(C)[C@@H](C)c1c(NC(=O)Nc2cnc(-n3nccn3)c(Cl)c2)cnc2cc(Cl)nn12. The van der Waals surface area contributed by atoms with E-state index < -0.39 is 12.1 Å². The molecule has 0 aliphatic heterocycles. The van der Waals surface area contributed by atoms with Crippen LogP contribution in [-0.2, 0) is 9.53 Å². The minimum absolute atomic E-state index is 0.125. The molecule has 0 radical (unpaired) electrons. The van der Waals surface area contributed by atoms with Gasteiger partial charge in [0, 0.05) is 19.7 Å². The van der Waals surface area contributed by atoms with Gasteiger partial charge in [-0.15, -0.1) is 4.80 Å². The fraction of sp³-hybridized carbons (Fsp3) is 0.348. The molecule has 15 heteroatoms. The summed E-state index contributed by atoms with van der Waals surface area (Å²) in [5.41, 5.74) is 1.65. The van der Waals surface area contributed by atoms with Crippen LogP contribution in [-0.4, -0.2) is 71.7 Å². The lowest BCUT2D eigenvalue weighted by molar-refractivity contribution is -0.133. The van der Waals surface area contributed by atoms with Crippen LogP contribution in [0.2, 0.25) is 10.2 Å². The molecule has 0 bridgehead atoms. The number of urea groups is 1. The summed E-state index contributed by atoms with van der Waals surface area (Å²) >= 11 is 12.4. The molecule has 2 N–H and O–H groups in total. The molecule has 4 aromatic rings. The third-order valence-electron chi connectivity index (χ3n) is 5.61. The maximum Gasteiger partial charge on any atom is 0.323 e. The molecule has 0 fully saturated rings. The van der Waals surface area contributed by atoms with E-state index in [4.69, 9.17) is 27.9 Å². The summed E-state index contributed by atoms with van der Waals surface area (Å²) in [4.78, 5) is 37.1. The van der Waals surface area contributed by atoms with E-state index in [0.717, 1.165) is 6.42 Å². The average molecular weight is 561 g/mol. The summed E-state index contributed by atoms with van der Waals surface area (Å²) in [5.74, 6) is 0.191. The number of fused-ring (bicyclic) bond motifs is 1. The first kappa shape index (κ1) is 27.2. The van der Waals surface area contributed by atoms with Gasteiger partial charge < -0.3 is 20.3 Å². The highest BCUT2D eigenvalue weighted by molar-refractivity contribution is 6.32. The summed E-state index contributed by atoms with van der Waals surface area (Å²) in [7, 11) is 1.68. The zero-order valence-corrected chi connectivity index (χ0v) is 22.4. The molecule has 0 aliphatic carbocycles. The molecule has 0 saturated carbocycles. The Kier molecular flexibility index (Phi) is 8.71. The number of amides is 3. The van der Waals surface area contributed by atoms with Crippen molar-refractivity contribution < 1.29 is 14.3 Å². The van der Waals surface area contributed by atoms with E-state index in [-0.39, 0.29) is 22.5 Å². The molecular weight excluding hydrogens is 535 g/mol. The van der Waals surface area contributed by atoms with Gasteiger partial charge in [-0.3, -0.25) is 4.79 Å². The number of hydrogen-bond acceptors (Lipinski definition) is 8. The number of nitrogens with one attached hydrogen (secondary N) is 2. The standard InChI is InChI=1S/C23H26Cl2N10O3/c1-4-8-38-9-5-20(36)33(3)14(2)21-17(13-26-19-11-18(25)32-34(19)21)31-23(37)30-15-10-16(24)22(27-12-15)35-28-6-7-29-35/h6-7,10-14H,4-5,8-9H2,1-3H3,(H2,30,31,37)/t14-/m0/s1. The van der Waals surface area contributed by atoms with Crippen molar-refractivity contribution in [1.82, 2.24) is 39.5 Å². The first-order chi connectivity index (χ1) is 18.3. The van der Waals surface area contributed by atoms with Gasteiger partial charge in [0.25, 0.3) is 0 Å². The molecule has 4 heterocycles. The lowest BCUT2D eigenvalue weighted by Gasteiger charge is -2.27. The second-order valence-electron chi connectivity index (χ2n) is 8.26. The summed E-state index contributed by atoms with van der Waals surface area (Å²) in [6.07, 6.45) is 7.00. The molecule has 0 spiro atoms. The summed E-state index contributed by atoms with van der Waals surface area (Å²) in [6.45, 7) is 4.74. The van der Waals surface area contributed by atoms with Crippen LogP contribution >= 0.6 is 23.2 Å². The van der Waals surface area contributed by atoms with Crippen molar-refractivity contribution in [2.75, 3.05) is 30.9 Å². The third-order valence-corrected chi connectivity index (χ3v) is 6.07. The molecule has 0 aliphatic rings. The second kappa shape index (κ2) is 12.2. The van der Waals surface area contributed by atoms with Gasteiger partial charge in [0.05, 0.1) is 65.9 Å². The molecule has 1 atom stereocenters. The normalized spacial score (nSPS) is 11.9. The van der Waals surface area contributed by atoms with Crippen LogP contribution < -0.4 is 10.6 Å². The maximum absolute atomic E-state index is 12.9. The summed E-state index contributed by atoms with van der Waals surface area (Å²) < 4.78 is 6.96. The van der Waals surface area contributed by atoms with E-state index >= 15 is 0 Å². The van der Waals surface area contributed by atoms with E-state index in [1.165, 1.54) is 40.2 Å². The molecule has 0 saturated heterocycles. The van der Waals surface area contributed by atoms with Crippen molar-refractivity contribution in [3.05, 3.63) is 52.8 Å². The van der Waals surface area contributed by atoms with Crippen LogP contribution in [0.5, 0.6) is 0 Å². The number of rotatable bonds is 10. The van der Waals surface area contributed by atoms with Gasteiger partial charge in [-0.25, -0.2) is 19.3 Å². The monoisotopic (exact) mass is 560 g/mol. The number of pyridine rings is 1. The van der Waals surface area contributed by atoms with Crippen molar-refractivity contribution in [1.29, 1.82) is 0 Å². The Morgan fingerprint density at radius 1 is 1.11 bits per heavy atom. The van der Waals surface area contributed by atoms with Gasteiger partial charge in [-0.05, 0) is 19.4 Å². The Balaban J connectivity index is 1.54. The molecule has 0 unspecified atom stereocenters. The molecule has 3 amide bonds. The van der Waals surface area contributed by atoms with Crippen LogP contribution in [0, 0.1) is 0 Å². The van der Waals surface area contributed by atoms with Crippen molar-refractivity contribution in [3.8, 4) is 5.82 Å². The number of hydrogen-bond donors (Lipinski definition) is 2. The van der Waals surface area contributed by atoms with E-state index in [1.807, 2.05) is 13.8 Å². The maximum atomic E-state index is 12.9. The Bertz CT molecular complexity index is 1430. The first-order valence-corrected chi connectivity index (χ1v) is 12.5. The van der Waals surface area contributed by atoms with Crippen LogP contribution in [0.3, 0.4) is 0 Å². The number of carbonyl (C=O) groups is 2. The van der Waals surface area contributed by atoms with Crippen molar-refractivity contribution >= 4 is 52.2 Å². The van der Waals surface area contributed by atoms with Crippen LogP contribution in [0.1, 0.15) is 38.4 Å². The Labute approximate surface area is 228 Å². The van der Waals surface area contributed by atoms with Crippen molar-refractivity contribution in [2.24, 2.45) is 0 Å². The molecular formula is C23H26Cl2N10O3. The highest BCUT2D eigenvalue weighted by Crippen LogP contribution is 2.29. The largest absolute Gasteiger partial charge is 0.381 e. The zero-order valence-electron chi connectivity index (χ0n) is 20.9. The number of nitrogens with zero attached hydrogens (tertiary/aromatic N) is 8. The van der Waals surface area contributed by atoms with Gasteiger partial charge in [-0.1, -0.05) is 30.1 Å². The van der Waals surface area contributed by atoms with Crippen LogP contribution in [0.15, 0.2) is 36.9 Å². The van der Waals surface area contributed by atoms with E-state index in [1.54, 1.807) is 18.0 Å². The Hall–Kier alpha value is -3.81. The topological polar surface area (TPSA) is 144 Å². The van der Waals surface area contributed by atoms with E-state index in [0.29, 0.717) is 41.7 Å². The molecule has 4 rings (SSSR count). The van der Waals surface area contributed by atoms with Gasteiger partial charge in [0.15, 0.2) is 16.6 Å². The van der Waals surface area contributed by atoms with Crippen LogP contribution in [0.25, 0.3) is 11.5 Å². The summed E-state index contributed by atoms with van der Waals surface area (Å²) in [6, 6.07) is 2.04. The Morgan fingerprint density at radius 3 is 2.58 bits per heavy atom. The average Bonchev–Trinajstić information content (AvgIpc) is 3.55. The zero-order chi connectivity index (χ0) is 27.2. The quantitative estimate of drug-likeness (QED) is 0.277. The van der Waals surface area contributed by atoms with Gasteiger partial charge in [0.2, 0.25) is 5.91 Å². The van der Waals surface area contributed by atoms with Crippen LogP contribution in [0.4, 0.5) is 16.2 Å². The number of ether oxygens (including phenoxy) is 1. The lowest BCUT2D eigenvalue weighted by Crippen LogP contribution is -2.32. The number of aromatic nitrogens is 7. The molecule has 13 nitrogen and oxygen atoms in total. The minimum Gasteiger partial charge on any atom is -0.381 e. The van der Waals surface area contributed by atoms with Crippen molar-refractivity contribution in [3.63, 3.8) is 0 Å². The van der Waals surface area contributed by atoms with Gasteiger partial charge in [-0.2, -0.15) is 15.3 Å². The van der Waals surface area contributed by atoms with Gasteiger partial charge >= 0.3 is 6.03 Å². The number of anilines is 2. The Morgan fingerprint density at radius 2 is 1.87 bits per heavy atom. The molecule has 0 aromatic carbocycles. The third kappa shape index (κ3) is 6.18. The summed E-state index contributed by atoms with van der Waals surface area (Å²) in [5, 5.41) is 18.2. The highest BCUT2D eigenvalue weighted by Gasteiger charge is 2.25. The predicted octanol–water partition coefficient (Wildman–Crippen LogP) is 3.99. The van der Waals surface area contributed by atoms with Crippen molar-refractivity contribution in [2.45, 2.75) is 32.7 Å². The minimum atomic E-state index is -0.581. The molecule has 4 aromatic heterocycles. The predicted molar refractivity (Wildman–Crippen MR) is 142 cm³/mol. The fourth-order valence-electron chi connectivity index (χ4n) is 3.66. The van der Waals surface area contributed by atoms with E-state index in [9.17, 15) is 9.59 Å². The molecule has 200 valence electrons. The highest BCUT2D eigenvalue weighted by atomic mass is 35.5. The smallest absolute Gasteiger partial charge is 0.323 e. The van der Waals surface area contributed by atoms with E-state index in [2.05, 4.69) is 35.9 Å². The lowest BCUT2D eigenvalue weighted by atomic mass is 10.1. The number of carbonyl (C=O) groups excluding carboxylic acids is 2. The second-order valence-corrected chi connectivity index (χ2v) is 9.06. The fourth-order valence-corrected chi connectivity index (χ4v) is 4.07. The first-order valence-electron chi connectivity index (χ1n) is 11.8. The van der Waals surface area contributed by atoms with Gasteiger partial charge in [0.1, 0.15) is 0 Å². The molecule has 38 heavy (non-hydrogen) atoms.